The number of carbonyl (C=O) groups is 1. The molecule has 1 aliphatic rings. The Labute approximate surface area is 97.2 Å². The van der Waals surface area contributed by atoms with Crippen molar-refractivity contribution in [2.75, 3.05) is 6.61 Å². The van der Waals surface area contributed by atoms with E-state index in [1.165, 1.54) is 0 Å². The second kappa shape index (κ2) is 5.64. The largest absolute Gasteiger partial charge is 0.461 e. The van der Waals surface area contributed by atoms with Crippen LogP contribution in [0.15, 0.2) is 0 Å². The Hall–Kier alpha value is -0.610. The lowest BCUT2D eigenvalue weighted by atomic mass is 9.85. The molecule has 1 rings (SSSR count). The Balaban J connectivity index is 2.35. The maximum absolute atomic E-state index is 11.5. The molecule has 0 amide bonds. The molecule has 0 aliphatic heterocycles. The van der Waals surface area contributed by atoms with Crippen molar-refractivity contribution in [3.8, 4) is 0 Å². The number of ether oxygens (including phenoxy) is 1. The van der Waals surface area contributed by atoms with E-state index in [0.717, 1.165) is 32.1 Å². The Morgan fingerprint density at radius 1 is 1.38 bits per heavy atom. The molecule has 0 aromatic heterocycles. The van der Waals surface area contributed by atoms with Gasteiger partial charge in [-0.25, -0.2) is 0 Å². The molecule has 1 saturated carbocycles. The van der Waals surface area contributed by atoms with Crippen LogP contribution in [-0.2, 0) is 9.53 Å². The van der Waals surface area contributed by atoms with Crippen molar-refractivity contribution in [3.63, 3.8) is 0 Å². The van der Waals surface area contributed by atoms with E-state index in [-0.39, 0.29) is 12.5 Å². The summed E-state index contributed by atoms with van der Waals surface area (Å²) in [7, 11) is 0. The molecule has 3 N–H and O–H groups in total. The van der Waals surface area contributed by atoms with Crippen LogP contribution in [0.4, 0.5) is 0 Å². The third kappa shape index (κ3) is 3.76. The van der Waals surface area contributed by atoms with Gasteiger partial charge in [-0.1, -0.05) is 33.1 Å². The number of aliphatic hydroxyl groups is 1. The summed E-state index contributed by atoms with van der Waals surface area (Å²) < 4.78 is 5.09. The highest BCUT2D eigenvalue weighted by molar-refractivity contribution is 5.75. The summed E-state index contributed by atoms with van der Waals surface area (Å²) >= 11 is 0. The topological polar surface area (TPSA) is 72.6 Å². The van der Waals surface area contributed by atoms with E-state index in [1.807, 2.05) is 13.8 Å². The second-order valence-corrected chi connectivity index (χ2v) is 5.16. The van der Waals surface area contributed by atoms with Crippen LogP contribution in [0.1, 0.15) is 46.0 Å². The summed E-state index contributed by atoms with van der Waals surface area (Å²) in [5.41, 5.74) is 4.85. The zero-order valence-corrected chi connectivity index (χ0v) is 10.2. The summed E-state index contributed by atoms with van der Waals surface area (Å²) in [6.45, 7) is 3.84. The number of carbonyl (C=O) groups excluding carboxylic acids is 1. The van der Waals surface area contributed by atoms with Gasteiger partial charge in [0, 0.05) is 0 Å². The van der Waals surface area contributed by atoms with Gasteiger partial charge < -0.3 is 15.6 Å². The van der Waals surface area contributed by atoms with Crippen molar-refractivity contribution in [3.05, 3.63) is 0 Å². The Kier molecular flexibility index (Phi) is 4.74. The van der Waals surface area contributed by atoms with Gasteiger partial charge in [-0.15, -0.1) is 0 Å². The second-order valence-electron chi connectivity index (χ2n) is 5.16. The van der Waals surface area contributed by atoms with Crippen LogP contribution in [0.25, 0.3) is 0 Å². The molecule has 16 heavy (non-hydrogen) atoms. The third-order valence-electron chi connectivity index (χ3n) is 3.26. The molecule has 0 saturated heterocycles. The lowest BCUT2D eigenvalue weighted by Gasteiger charge is -2.31. The monoisotopic (exact) mass is 229 g/mol. The average molecular weight is 229 g/mol. The molecule has 0 aromatic rings. The van der Waals surface area contributed by atoms with E-state index >= 15 is 0 Å². The molecule has 0 aromatic carbocycles. The minimum Gasteiger partial charge on any atom is -0.461 e. The molecule has 4 heteroatoms. The minimum atomic E-state index is -0.815. The quantitative estimate of drug-likeness (QED) is 0.711. The normalized spacial score (nSPS) is 21.8. The molecular weight excluding hydrogens is 206 g/mol. The van der Waals surface area contributed by atoms with E-state index in [9.17, 15) is 9.90 Å². The maximum Gasteiger partial charge on any atom is 0.323 e. The van der Waals surface area contributed by atoms with Gasteiger partial charge in [0.25, 0.3) is 0 Å². The minimum absolute atomic E-state index is 0.0634. The Morgan fingerprint density at radius 3 is 2.44 bits per heavy atom. The first-order chi connectivity index (χ1) is 7.44. The highest BCUT2D eigenvalue weighted by atomic mass is 16.5. The fraction of sp³-hybridized carbons (Fsp3) is 0.917. The van der Waals surface area contributed by atoms with Crippen molar-refractivity contribution >= 4 is 5.97 Å². The molecule has 4 nitrogen and oxygen atoms in total. The zero-order valence-electron chi connectivity index (χ0n) is 10.2. The number of hydrogen-bond acceptors (Lipinski definition) is 4. The van der Waals surface area contributed by atoms with Crippen molar-refractivity contribution in [2.45, 2.75) is 57.6 Å². The maximum atomic E-state index is 11.5. The molecule has 0 heterocycles. The molecular formula is C12H23NO3. The van der Waals surface area contributed by atoms with Gasteiger partial charge in [-0.05, 0) is 18.8 Å². The molecule has 1 atom stereocenters. The van der Waals surface area contributed by atoms with Crippen LogP contribution in [0.2, 0.25) is 0 Å². The number of nitrogens with two attached hydrogens (primary N) is 1. The number of esters is 1. The fourth-order valence-electron chi connectivity index (χ4n) is 1.93. The smallest absolute Gasteiger partial charge is 0.323 e. The fourth-order valence-corrected chi connectivity index (χ4v) is 1.93. The van der Waals surface area contributed by atoms with Crippen molar-refractivity contribution in [1.82, 2.24) is 0 Å². The SMILES string of the molecule is CC(C)C(N)C(=O)OCC1(O)CCCCC1. The van der Waals surface area contributed by atoms with Crippen LogP contribution in [0.5, 0.6) is 0 Å². The van der Waals surface area contributed by atoms with Gasteiger partial charge in [0.2, 0.25) is 0 Å². The highest BCUT2D eigenvalue weighted by Gasteiger charge is 2.31. The first-order valence-corrected chi connectivity index (χ1v) is 6.09. The number of hydrogen-bond donors (Lipinski definition) is 2. The van der Waals surface area contributed by atoms with Gasteiger partial charge >= 0.3 is 5.97 Å². The molecule has 0 radical (unpaired) electrons. The van der Waals surface area contributed by atoms with Crippen molar-refractivity contribution < 1.29 is 14.6 Å². The number of rotatable bonds is 4. The van der Waals surface area contributed by atoms with E-state index in [1.54, 1.807) is 0 Å². The van der Waals surface area contributed by atoms with Gasteiger partial charge in [-0.2, -0.15) is 0 Å². The highest BCUT2D eigenvalue weighted by Crippen LogP contribution is 2.28. The summed E-state index contributed by atoms with van der Waals surface area (Å²) in [5, 5.41) is 10.1. The lowest BCUT2D eigenvalue weighted by Crippen LogP contribution is -2.42. The predicted octanol–water partition coefficient (Wildman–Crippen LogP) is 1.21. The average Bonchev–Trinajstić information content (AvgIpc) is 2.26. The van der Waals surface area contributed by atoms with Crippen LogP contribution >= 0.6 is 0 Å². The molecule has 1 unspecified atom stereocenters. The van der Waals surface area contributed by atoms with Crippen LogP contribution < -0.4 is 5.73 Å². The Bertz CT molecular complexity index is 234. The van der Waals surface area contributed by atoms with E-state index < -0.39 is 17.6 Å². The first kappa shape index (κ1) is 13.5. The van der Waals surface area contributed by atoms with E-state index in [4.69, 9.17) is 10.5 Å². The lowest BCUT2D eigenvalue weighted by molar-refractivity contribution is -0.156. The predicted molar refractivity (Wildman–Crippen MR) is 61.8 cm³/mol. The molecule has 94 valence electrons. The van der Waals surface area contributed by atoms with Gasteiger partial charge in [0.15, 0.2) is 0 Å². The van der Waals surface area contributed by atoms with Crippen LogP contribution in [0, 0.1) is 5.92 Å². The summed E-state index contributed by atoms with van der Waals surface area (Å²) in [4.78, 5) is 11.5. The summed E-state index contributed by atoms with van der Waals surface area (Å²) in [5.74, 6) is -0.345. The molecule has 1 aliphatic carbocycles. The summed E-state index contributed by atoms with van der Waals surface area (Å²) in [6, 6.07) is -0.591. The first-order valence-electron chi connectivity index (χ1n) is 6.09. The van der Waals surface area contributed by atoms with Crippen molar-refractivity contribution in [2.24, 2.45) is 11.7 Å². The van der Waals surface area contributed by atoms with Crippen LogP contribution in [0.3, 0.4) is 0 Å². The third-order valence-corrected chi connectivity index (χ3v) is 3.26. The molecule has 1 fully saturated rings. The van der Waals surface area contributed by atoms with Crippen LogP contribution in [-0.4, -0.2) is 29.3 Å². The molecule has 0 bridgehead atoms. The van der Waals surface area contributed by atoms with E-state index in [0.29, 0.717) is 0 Å². The summed E-state index contributed by atoms with van der Waals surface area (Å²) in [6.07, 6.45) is 4.60. The Morgan fingerprint density at radius 2 is 1.94 bits per heavy atom. The van der Waals surface area contributed by atoms with Gasteiger partial charge in [0.05, 0.1) is 5.60 Å². The van der Waals surface area contributed by atoms with E-state index in [2.05, 4.69) is 0 Å². The van der Waals surface area contributed by atoms with Crippen molar-refractivity contribution in [1.29, 1.82) is 0 Å². The molecule has 0 spiro atoms. The zero-order chi connectivity index (χ0) is 12.2. The van der Waals surface area contributed by atoms with Gasteiger partial charge in [0.1, 0.15) is 12.6 Å². The standard InChI is InChI=1S/C12H23NO3/c1-9(2)10(13)11(14)16-8-12(15)6-4-3-5-7-12/h9-10,15H,3-8,13H2,1-2H3. The van der Waals surface area contributed by atoms with Gasteiger partial charge in [-0.3, -0.25) is 4.79 Å².